The molecule has 4 nitrogen and oxygen atoms in total. The SMILES string of the molecule is CC[C@H](C)[C@@H](CO[P@]1N(c2ccccc2)C[C@@H]2CCCN21)N(C)C.F[B-](F)(F)F.[CH2][CH][CH2].[Pd+2]. The van der Waals surface area contributed by atoms with Crippen molar-refractivity contribution >= 4 is 21.4 Å². The third kappa shape index (κ3) is 11.8. The Morgan fingerprint density at radius 3 is 2.24 bits per heavy atom. The van der Waals surface area contributed by atoms with Crippen LogP contribution in [0.2, 0.25) is 0 Å². The minimum absolute atomic E-state index is 0. The summed E-state index contributed by atoms with van der Waals surface area (Å²) in [7, 11) is -2.32. The summed E-state index contributed by atoms with van der Waals surface area (Å²) in [6.45, 7) is 14.2. The molecule has 11 heteroatoms. The average molecular weight is 584 g/mol. The summed E-state index contributed by atoms with van der Waals surface area (Å²) in [6, 6.07) is 12.0. The van der Waals surface area contributed by atoms with E-state index in [-0.39, 0.29) is 20.4 Å². The van der Waals surface area contributed by atoms with Gasteiger partial charge >= 0.3 is 27.7 Å². The first kappa shape index (κ1) is 32.8. The third-order valence-electron chi connectivity index (χ3n) is 5.54. The fraction of sp³-hybridized carbons (Fsp3) is 0.591. The van der Waals surface area contributed by atoms with Crippen LogP contribution in [0.25, 0.3) is 0 Å². The minimum atomic E-state index is -6.00. The van der Waals surface area contributed by atoms with Gasteiger partial charge < -0.3 is 31.4 Å². The summed E-state index contributed by atoms with van der Waals surface area (Å²) in [5.41, 5.74) is 1.31. The van der Waals surface area contributed by atoms with E-state index < -0.39 is 15.7 Å². The van der Waals surface area contributed by atoms with E-state index in [4.69, 9.17) is 4.52 Å². The molecule has 3 radical (unpaired) electrons. The Kier molecular flexibility index (Phi) is 16.3. The molecule has 0 amide bonds. The van der Waals surface area contributed by atoms with Gasteiger partial charge in [0.15, 0.2) is 0 Å². The Bertz CT molecular complexity index is 627. The van der Waals surface area contributed by atoms with E-state index in [2.05, 4.69) is 86.4 Å². The van der Waals surface area contributed by atoms with Gasteiger partial charge in [-0.25, -0.2) is 4.67 Å². The first-order valence-electron chi connectivity index (χ1n) is 11.0. The summed E-state index contributed by atoms with van der Waals surface area (Å²) in [4.78, 5) is 2.33. The predicted octanol–water partition coefficient (Wildman–Crippen LogP) is 6.35. The molecule has 0 aromatic heterocycles. The molecular weight excluding hydrogens is 546 g/mol. The largest absolute Gasteiger partial charge is 2.00 e. The molecule has 191 valence electrons. The van der Waals surface area contributed by atoms with Crippen molar-refractivity contribution in [3.63, 3.8) is 0 Å². The number of para-hydroxylation sites is 1. The maximum atomic E-state index is 9.75. The van der Waals surface area contributed by atoms with Crippen LogP contribution < -0.4 is 4.67 Å². The van der Waals surface area contributed by atoms with Crippen LogP contribution in [0.5, 0.6) is 0 Å². The van der Waals surface area contributed by atoms with Crippen LogP contribution in [0.4, 0.5) is 23.0 Å². The second-order valence-corrected chi connectivity index (χ2v) is 9.89. The number of fused-ring (bicyclic) bond motifs is 1. The Hall–Kier alpha value is -0.223. The predicted molar refractivity (Wildman–Crippen MR) is 129 cm³/mol. The molecule has 0 aliphatic carbocycles. The number of benzene rings is 1. The Balaban J connectivity index is 0.000000991. The van der Waals surface area contributed by atoms with Gasteiger partial charge in [-0.1, -0.05) is 38.5 Å². The van der Waals surface area contributed by atoms with E-state index in [0.717, 1.165) is 13.2 Å². The summed E-state index contributed by atoms with van der Waals surface area (Å²) < 4.78 is 50.8. The van der Waals surface area contributed by atoms with Gasteiger partial charge in [-0.2, -0.15) is 0 Å². The fourth-order valence-electron chi connectivity index (χ4n) is 3.82. The molecule has 2 saturated heterocycles. The summed E-state index contributed by atoms with van der Waals surface area (Å²) in [6.07, 6.45) is 5.32. The van der Waals surface area contributed by atoms with Crippen LogP contribution in [0.1, 0.15) is 33.1 Å². The monoisotopic (exact) mass is 583 g/mol. The van der Waals surface area contributed by atoms with Gasteiger partial charge in [0.2, 0.25) is 8.45 Å². The van der Waals surface area contributed by atoms with Crippen molar-refractivity contribution in [1.82, 2.24) is 9.57 Å². The molecule has 0 N–H and O–H groups in total. The number of hydrogen-bond donors (Lipinski definition) is 0. The molecule has 4 atom stereocenters. The van der Waals surface area contributed by atoms with E-state index in [0.29, 0.717) is 18.0 Å². The van der Waals surface area contributed by atoms with Crippen molar-refractivity contribution in [3.05, 3.63) is 50.6 Å². The van der Waals surface area contributed by atoms with Gasteiger partial charge in [-0.15, -0.1) is 0 Å². The number of rotatable bonds is 7. The molecule has 2 fully saturated rings. The fourth-order valence-corrected chi connectivity index (χ4v) is 6.12. The quantitative estimate of drug-likeness (QED) is 0.212. The first-order chi connectivity index (χ1) is 15.0. The molecule has 33 heavy (non-hydrogen) atoms. The molecular formula is C22H37BF4N3OPPd+. The smallest absolute Gasteiger partial charge is 0.418 e. The topological polar surface area (TPSA) is 19.0 Å². The first-order valence-corrected chi connectivity index (χ1v) is 12.2. The summed E-state index contributed by atoms with van der Waals surface area (Å²) >= 11 is 0. The second kappa shape index (κ2) is 16.4. The van der Waals surface area contributed by atoms with Gasteiger partial charge in [0.1, 0.15) is 0 Å². The van der Waals surface area contributed by atoms with Crippen molar-refractivity contribution in [2.45, 2.75) is 45.2 Å². The molecule has 3 rings (SSSR count). The Morgan fingerprint density at radius 1 is 1.21 bits per heavy atom. The molecule has 1 aromatic carbocycles. The van der Waals surface area contributed by atoms with E-state index in [1.807, 2.05) is 0 Å². The van der Waals surface area contributed by atoms with Gasteiger partial charge in [-0.05, 0) is 65.3 Å². The molecule has 1 aromatic rings. The molecule has 2 aliphatic heterocycles. The van der Waals surface area contributed by atoms with Crippen LogP contribution >= 0.6 is 8.45 Å². The number of hydrogen-bond acceptors (Lipinski definition) is 4. The Morgan fingerprint density at radius 2 is 1.76 bits per heavy atom. The summed E-state index contributed by atoms with van der Waals surface area (Å²) in [5.74, 6) is 0.650. The van der Waals surface area contributed by atoms with Crippen LogP contribution in [-0.4, -0.2) is 62.7 Å². The van der Waals surface area contributed by atoms with Crippen molar-refractivity contribution in [2.75, 3.05) is 38.5 Å². The second-order valence-electron chi connectivity index (χ2n) is 8.13. The molecule has 2 aliphatic rings. The zero-order valence-electron chi connectivity index (χ0n) is 20.0. The average Bonchev–Trinajstić information content (AvgIpc) is 3.30. The van der Waals surface area contributed by atoms with Crippen molar-refractivity contribution < 1.29 is 42.2 Å². The van der Waals surface area contributed by atoms with Crippen molar-refractivity contribution in [3.8, 4) is 0 Å². The van der Waals surface area contributed by atoms with Gasteiger partial charge in [0.25, 0.3) is 0 Å². The normalized spacial score (nSPS) is 21.8. The van der Waals surface area contributed by atoms with Crippen LogP contribution in [0.3, 0.4) is 0 Å². The van der Waals surface area contributed by atoms with Crippen LogP contribution in [0, 0.1) is 26.2 Å². The van der Waals surface area contributed by atoms with Gasteiger partial charge in [0, 0.05) is 30.9 Å². The standard InChI is InChI=1S/C19H32N3OP.C3H5.BF4.Pd/c1-5-16(2)19(20(3)4)15-23-24-21-13-9-12-18(21)14-22(24)17-10-7-6-8-11-17;1-3-2;2-1(3,4)5;/h6-8,10-11,16,18-19H,5,9,12-15H2,1-4H3;3H,1-2H2;;/q;;-1;+2/t16-,18-,19+,24-;;;/m0.../s1. The van der Waals surface area contributed by atoms with E-state index in [1.165, 1.54) is 37.9 Å². The zero-order chi connectivity index (χ0) is 24.3. The molecule has 0 unspecified atom stereocenters. The third-order valence-corrected chi connectivity index (χ3v) is 7.69. The van der Waals surface area contributed by atoms with Crippen molar-refractivity contribution in [2.24, 2.45) is 5.92 Å². The molecule has 0 saturated carbocycles. The number of anilines is 1. The summed E-state index contributed by atoms with van der Waals surface area (Å²) in [5, 5.41) is 0. The van der Waals surface area contributed by atoms with Gasteiger partial charge in [0.05, 0.1) is 6.61 Å². The maximum Gasteiger partial charge on any atom is 2.00 e. The number of halogens is 4. The van der Waals surface area contributed by atoms with E-state index in [9.17, 15) is 17.3 Å². The molecule has 2 heterocycles. The molecule has 0 spiro atoms. The number of nitrogens with zero attached hydrogens (tertiary/aromatic N) is 3. The van der Waals surface area contributed by atoms with Crippen LogP contribution in [-0.2, 0) is 24.9 Å². The van der Waals surface area contributed by atoms with Crippen molar-refractivity contribution in [1.29, 1.82) is 0 Å². The maximum absolute atomic E-state index is 9.75. The zero-order valence-corrected chi connectivity index (χ0v) is 22.4. The Labute approximate surface area is 213 Å². The van der Waals surface area contributed by atoms with Crippen LogP contribution in [0.15, 0.2) is 30.3 Å². The minimum Gasteiger partial charge on any atom is -0.418 e. The van der Waals surface area contributed by atoms with E-state index in [1.54, 1.807) is 0 Å². The molecule has 0 bridgehead atoms. The number of likely N-dealkylation sites (N-methyl/N-ethyl adjacent to an activating group) is 1. The van der Waals surface area contributed by atoms with Gasteiger partial charge in [-0.3, -0.25) is 0 Å². The van der Waals surface area contributed by atoms with E-state index >= 15 is 0 Å².